The molecular formula is C16H23N3O3S. The van der Waals surface area contributed by atoms with E-state index < -0.39 is 10.0 Å². The third-order valence-corrected chi connectivity index (χ3v) is 5.82. The van der Waals surface area contributed by atoms with Crippen LogP contribution in [-0.4, -0.2) is 51.2 Å². The van der Waals surface area contributed by atoms with E-state index in [9.17, 15) is 13.2 Å². The zero-order valence-electron chi connectivity index (χ0n) is 13.6. The number of anilines is 2. The number of nitrogens with one attached hydrogen (secondary N) is 1. The minimum atomic E-state index is -3.19. The van der Waals surface area contributed by atoms with Crippen molar-refractivity contribution in [1.82, 2.24) is 4.90 Å². The molecule has 0 bridgehead atoms. The topological polar surface area (TPSA) is 69.7 Å². The van der Waals surface area contributed by atoms with E-state index in [2.05, 4.69) is 11.4 Å². The van der Waals surface area contributed by atoms with Crippen molar-refractivity contribution in [3.8, 4) is 0 Å². The second-order valence-corrected chi connectivity index (χ2v) is 8.26. The van der Waals surface area contributed by atoms with Gasteiger partial charge in [0.05, 0.1) is 11.9 Å². The van der Waals surface area contributed by atoms with Crippen LogP contribution in [0.4, 0.5) is 11.4 Å². The van der Waals surface area contributed by atoms with Gasteiger partial charge in [-0.3, -0.25) is 9.10 Å². The van der Waals surface area contributed by atoms with Crippen LogP contribution in [0.5, 0.6) is 0 Å². The Hall–Kier alpha value is -1.76. The van der Waals surface area contributed by atoms with Crippen LogP contribution in [0, 0.1) is 0 Å². The molecule has 0 unspecified atom stereocenters. The monoisotopic (exact) mass is 337 g/mol. The van der Waals surface area contributed by atoms with Crippen molar-refractivity contribution in [2.75, 3.05) is 35.5 Å². The Morgan fingerprint density at radius 3 is 2.52 bits per heavy atom. The van der Waals surface area contributed by atoms with Crippen LogP contribution in [-0.2, 0) is 21.2 Å². The quantitative estimate of drug-likeness (QED) is 0.906. The highest BCUT2D eigenvalue weighted by molar-refractivity contribution is 7.92. The Balaban J connectivity index is 1.66. The molecule has 0 aliphatic carbocycles. The van der Waals surface area contributed by atoms with Gasteiger partial charge in [0.15, 0.2) is 0 Å². The summed E-state index contributed by atoms with van der Waals surface area (Å²) in [7, 11) is -3.19. The number of likely N-dealkylation sites (tertiary alicyclic amines) is 1. The molecule has 0 radical (unpaired) electrons. The predicted octanol–water partition coefficient (Wildman–Crippen LogP) is 1.43. The second kappa shape index (κ2) is 6.03. The van der Waals surface area contributed by atoms with Crippen LogP contribution in [0.25, 0.3) is 0 Å². The van der Waals surface area contributed by atoms with Crippen molar-refractivity contribution in [3.63, 3.8) is 0 Å². The number of sulfonamides is 1. The minimum absolute atomic E-state index is 0.141. The van der Waals surface area contributed by atoms with Crippen LogP contribution >= 0.6 is 0 Å². The molecule has 1 N–H and O–H groups in total. The first kappa shape index (κ1) is 16.1. The first-order chi connectivity index (χ1) is 10.8. The molecule has 1 fully saturated rings. The van der Waals surface area contributed by atoms with Gasteiger partial charge in [-0.2, -0.15) is 0 Å². The maximum Gasteiger partial charge on any atom is 0.232 e. The summed E-state index contributed by atoms with van der Waals surface area (Å²) in [5, 5.41) is 3.52. The molecule has 3 rings (SSSR count). The number of amides is 1. The molecule has 1 aromatic rings. The summed E-state index contributed by atoms with van der Waals surface area (Å²) >= 11 is 0. The van der Waals surface area contributed by atoms with Gasteiger partial charge in [-0.05, 0) is 43.0 Å². The lowest BCUT2D eigenvalue weighted by molar-refractivity contribution is -0.129. The smallest absolute Gasteiger partial charge is 0.232 e. The van der Waals surface area contributed by atoms with Gasteiger partial charge in [0, 0.05) is 38.3 Å². The molecule has 7 heteroatoms. The van der Waals surface area contributed by atoms with E-state index >= 15 is 0 Å². The van der Waals surface area contributed by atoms with Crippen molar-refractivity contribution in [3.05, 3.63) is 23.8 Å². The number of nitrogens with zero attached hydrogens (tertiary/aromatic N) is 2. The molecule has 126 valence electrons. The highest BCUT2D eigenvalue weighted by Crippen LogP contribution is 2.32. The number of rotatable bonds is 3. The van der Waals surface area contributed by atoms with Crippen molar-refractivity contribution < 1.29 is 13.2 Å². The molecule has 1 saturated heterocycles. The number of piperidine rings is 1. The van der Waals surface area contributed by atoms with Crippen LogP contribution in [0.1, 0.15) is 25.3 Å². The fraction of sp³-hybridized carbons (Fsp3) is 0.562. The summed E-state index contributed by atoms with van der Waals surface area (Å²) in [6.45, 7) is 3.72. The summed E-state index contributed by atoms with van der Waals surface area (Å²) in [5.41, 5.74) is 2.89. The molecule has 6 nitrogen and oxygen atoms in total. The van der Waals surface area contributed by atoms with Gasteiger partial charge < -0.3 is 10.2 Å². The number of carbonyl (C=O) groups is 1. The van der Waals surface area contributed by atoms with Crippen LogP contribution < -0.4 is 9.62 Å². The molecule has 1 amide bonds. The fourth-order valence-corrected chi connectivity index (χ4v) is 4.34. The van der Waals surface area contributed by atoms with Crippen LogP contribution in [0.15, 0.2) is 18.2 Å². The number of hydrogen-bond acceptors (Lipinski definition) is 4. The number of benzene rings is 1. The average molecular weight is 337 g/mol. The molecule has 0 aromatic heterocycles. The Bertz CT molecular complexity index is 709. The number of fused-ring (bicyclic) bond motifs is 1. The molecule has 0 atom stereocenters. The fourth-order valence-electron chi connectivity index (χ4n) is 3.38. The SMILES string of the molecule is CC(=O)N1CCC(Nc2ccc3c(c2)CCN3S(C)(=O)=O)CC1. The van der Waals surface area contributed by atoms with Gasteiger partial charge in [-0.15, -0.1) is 0 Å². The van der Waals surface area contributed by atoms with Gasteiger partial charge in [-0.1, -0.05) is 0 Å². The lowest BCUT2D eigenvalue weighted by Crippen LogP contribution is -2.41. The van der Waals surface area contributed by atoms with Gasteiger partial charge >= 0.3 is 0 Å². The maximum absolute atomic E-state index is 11.8. The zero-order valence-corrected chi connectivity index (χ0v) is 14.4. The first-order valence-electron chi connectivity index (χ1n) is 7.97. The molecule has 1 aromatic carbocycles. The van der Waals surface area contributed by atoms with E-state index in [0.717, 1.165) is 49.3 Å². The summed E-state index contributed by atoms with van der Waals surface area (Å²) in [5.74, 6) is 0.141. The lowest BCUT2D eigenvalue weighted by Gasteiger charge is -2.32. The molecule has 23 heavy (non-hydrogen) atoms. The Morgan fingerprint density at radius 2 is 1.91 bits per heavy atom. The molecule has 0 saturated carbocycles. The van der Waals surface area contributed by atoms with E-state index in [4.69, 9.17) is 0 Å². The third-order valence-electron chi connectivity index (χ3n) is 4.64. The van der Waals surface area contributed by atoms with Crippen LogP contribution in [0.2, 0.25) is 0 Å². The minimum Gasteiger partial charge on any atom is -0.382 e. The molecule has 2 aliphatic heterocycles. The van der Waals surface area contributed by atoms with Crippen molar-refractivity contribution in [1.29, 1.82) is 0 Å². The van der Waals surface area contributed by atoms with Gasteiger partial charge in [-0.25, -0.2) is 8.42 Å². The molecule has 2 heterocycles. The van der Waals surface area contributed by atoms with Crippen molar-refractivity contribution in [2.45, 2.75) is 32.2 Å². The van der Waals surface area contributed by atoms with E-state index in [1.54, 1.807) is 6.92 Å². The molecular weight excluding hydrogens is 314 g/mol. The van der Waals surface area contributed by atoms with Crippen molar-refractivity contribution >= 4 is 27.3 Å². The standard InChI is InChI=1S/C16H23N3O3S/c1-12(20)18-8-6-14(7-9-18)17-15-3-4-16-13(11-15)5-10-19(16)23(2,21)22/h3-4,11,14,17H,5-10H2,1-2H3. The highest BCUT2D eigenvalue weighted by atomic mass is 32.2. The lowest BCUT2D eigenvalue weighted by atomic mass is 10.0. The van der Waals surface area contributed by atoms with Gasteiger partial charge in [0.25, 0.3) is 0 Å². The average Bonchev–Trinajstić information content (AvgIpc) is 2.91. The van der Waals surface area contributed by atoms with Gasteiger partial charge in [0.2, 0.25) is 15.9 Å². The second-order valence-electron chi connectivity index (χ2n) is 6.35. The Morgan fingerprint density at radius 1 is 1.22 bits per heavy atom. The predicted molar refractivity (Wildman–Crippen MR) is 91.2 cm³/mol. The highest BCUT2D eigenvalue weighted by Gasteiger charge is 2.26. The normalized spacial score (nSPS) is 18.9. The largest absolute Gasteiger partial charge is 0.382 e. The number of hydrogen-bond donors (Lipinski definition) is 1. The van der Waals surface area contributed by atoms with Gasteiger partial charge in [0.1, 0.15) is 0 Å². The third kappa shape index (κ3) is 3.44. The van der Waals surface area contributed by atoms with Crippen LogP contribution in [0.3, 0.4) is 0 Å². The summed E-state index contributed by atoms with van der Waals surface area (Å²) in [4.78, 5) is 13.2. The van der Waals surface area contributed by atoms with E-state index in [1.165, 1.54) is 10.6 Å². The maximum atomic E-state index is 11.8. The van der Waals surface area contributed by atoms with Crippen molar-refractivity contribution in [2.24, 2.45) is 0 Å². The Kier molecular flexibility index (Phi) is 4.23. The van der Waals surface area contributed by atoms with E-state index in [1.807, 2.05) is 17.0 Å². The molecule has 0 spiro atoms. The number of carbonyl (C=O) groups excluding carboxylic acids is 1. The van der Waals surface area contributed by atoms with E-state index in [-0.39, 0.29) is 5.91 Å². The first-order valence-corrected chi connectivity index (χ1v) is 9.82. The summed E-state index contributed by atoms with van der Waals surface area (Å²) in [6, 6.07) is 6.24. The summed E-state index contributed by atoms with van der Waals surface area (Å²) in [6.07, 6.45) is 3.87. The Labute approximate surface area is 137 Å². The van der Waals surface area contributed by atoms with E-state index in [0.29, 0.717) is 12.6 Å². The summed E-state index contributed by atoms with van der Waals surface area (Å²) < 4.78 is 25.0. The zero-order chi connectivity index (χ0) is 16.6. The molecule has 2 aliphatic rings.